The number of aliphatic hydroxyl groups excluding tert-OH is 1. The second-order valence-corrected chi connectivity index (χ2v) is 4.85. The van der Waals surface area contributed by atoms with Gasteiger partial charge in [-0.05, 0) is 12.0 Å². The van der Waals surface area contributed by atoms with Crippen molar-refractivity contribution < 1.29 is 14.7 Å². The molecule has 1 aromatic carbocycles. The van der Waals surface area contributed by atoms with E-state index in [4.69, 9.17) is 17.2 Å². The molecule has 0 bridgehead atoms. The number of rotatable bonds is 4. The summed E-state index contributed by atoms with van der Waals surface area (Å²) in [7, 11) is 0. The Morgan fingerprint density at radius 2 is 1.85 bits per heavy atom. The van der Waals surface area contributed by atoms with Gasteiger partial charge >= 0.3 is 6.03 Å². The van der Waals surface area contributed by atoms with E-state index in [1.165, 1.54) is 6.07 Å². The Morgan fingerprint density at radius 1 is 1.30 bits per heavy atom. The highest BCUT2D eigenvalue weighted by atomic mass is 16.3. The lowest BCUT2D eigenvalue weighted by molar-refractivity contribution is -0.124. The van der Waals surface area contributed by atoms with Crippen molar-refractivity contribution in [3.05, 3.63) is 29.8 Å². The number of nitrogens with zero attached hydrogens (tertiary/aromatic N) is 1. The maximum atomic E-state index is 12.4. The Labute approximate surface area is 117 Å². The molecule has 1 aromatic rings. The molecule has 0 aromatic heterocycles. The number of hydrogen-bond acceptors (Lipinski definition) is 5. The highest BCUT2D eigenvalue weighted by Gasteiger charge is 2.39. The molecule has 0 fully saturated rings. The van der Waals surface area contributed by atoms with E-state index in [9.17, 15) is 14.7 Å². The number of urea groups is 1. The Balaban J connectivity index is 3.33. The van der Waals surface area contributed by atoms with Gasteiger partial charge in [0.25, 0.3) is 5.91 Å². The molecule has 0 atom stereocenters. The summed E-state index contributed by atoms with van der Waals surface area (Å²) in [5, 5.41) is 9.29. The zero-order valence-corrected chi connectivity index (χ0v) is 11.5. The van der Waals surface area contributed by atoms with Crippen molar-refractivity contribution in [2.45, 2.75) is 26.1 Å². The second kappa shape index (κ2) is 6.00. The number of aliphatic hydroxyl groups is 1. The smallest absolute Gasteiger partial charge is 0.326 e. The lowest BCUT2D eigenvalue weighted by Gasteiger charge is -2.32. The van der Waals surface area contributed by atoms with Gasteiger partial charge in [-0.25, -0.2) is 9.69 Å². The Hall–Kier alpha value is -1.96. The molecule has 7 nitrogen and oxygen atoms in total. The van der Waals surface area contributed by atoms with E-state index in [1.807, 2.05) is 0 Å². The average Bonchev–Trinajstić information content (AvgIpc) is 2.38. The van der Waals surface area contributed by atoms with Crippen LogP contribution in [0.4, 0.5) is 10.5 Å². The molecule has 20 heavy (non-hydrogen) atoms. The predicted octanol–water partition coefficient (Wildman–Crippen LogP) is -0.140. The van der Waals surface area contributed by atoms with E-state index in [1.54, 1.807) is 32.0 Å². The van der Waals surface area contributed by atoms with Crippen molar-refractivity contribution in [1.29, 1.82) is 0 Å². The number of carbonyl (C=O) groups excluding carboxylic acids is 2. The van der Waals surface area contributed by atoms with Gasteiger partial charge in [-0.15, -0.1) is 0 Å². The Morgan fingerprint density at radius 3 is 2.30 bits per heavy atom. The molecule has 0 radical (unpaired) electrons. The zero-order valence-electron chi connectivity index (χ0n) is 11.5. The first kappa shape index (κ1) is 16.1. The van der Waals surface area contributed by atoms with Crippen molar-refractivity contribution in [1.82, 2.24) is 0 Å². The van der Waals surface area contributed by atoms with Crippen LogP contribution in [0.3, 0.4) is 0 Å². The van der Waals surface area contributed by atoms with Gasteiger partial charge in [-0.2, -0.15) is 0 Å². The van der Waals surface area contributed by atoms with Crippen LogP contribution in [0.2, 0.25) is 0 Å². The van der Waals surface area contributed by atoms with Crippen LogP contribution in [0.15, 0.2) is 24.3 Å². The van der Waals surface area contributed by atoms with Gasteiger partial charge in [0, 0.05) is 5.56 Å². The van der Waals surface area contributed by atoms with Gasteiger partial charge in [0.05, 0.1) is 12.3 Å². The minimum Gasteiger partial charge on any atom is -0.392 e. The number of amides is 3. The summed E-state index contributed by atoms with van der Waals surface area (Å²) < 4.78 is 0. The minimum absolute atomic E-state index is 0.174. The van der Waals surface area contributed by atoms with E-state index in [2.05, 4.69) is 0 Å². The molecule has 0 heterocycles. The largest absolute Gasteiger partial charge is 0.392 e. The Kier molecular flexibility index (Phi) is 4.83. The maximum Gasteiger partial charge on any atom is 0.326 e. The van der Waals surface area contributed by atoms with Crippen LogP contribution in [0.25, 0.3) is 0 Å². The molecular weight excluding hydrogens is 260 g/mol. The monoisotopic (exact) mass is 280 g/mol. The molecule has 0 saturated carbocycles. The number of hydrogen-bond donors (Lipinski definition) is 4. The van der Waals surface area contributed by atoms with Crippen LogP contribution in [-0.2, 0) is 11.4 Å². The maximum absolute atomic E-state index is 12.4. The van der Waals surface area contributed by atoms with Crippen molar-refractivity contribution in [3.63, 3.8) is 0 Å². The molecule has 0 aliphatic rings. The third kappa shape index (κ3) is 2.96. The van der Waals surface area contributed by atoms with E-state index in [0.717, 1.165) is 0 Å². The third-order valence-electron chi connectivity index (χ3n) is 3.15. The summed E-state index contributed by atoms with van der Waals surface area (Å²) in [6.45, 7) is 2.97. The van der Waals surface area contributed by atoms with Gasteiger partial charge in [0.1, 0.15) is 5.66 Å². The van der Waals surface area contributed by atoms with Crippen LogP contribution in [0.1, 0.15) is 19.4 Å². The quantitative estimate of drug-likeness (QED) is 0.569. The fourth-order valence-corrected chi connectivity index (χ4v) is 1.63. The molecular formula is C13H20N4O3. The summed E-state index contributed by atoms with van der Waals surface area (Å²) >= 11 is 0. The number of imide groups is 1. The van der Waals surface area contributed by atoms with Crippen LogP contribution >= 0.6 is 0 Å². The fraction of sp³-hybridized carbons (Fsp3) is 0.385. The molecule has 7 heteroatoms. The van der Waals surface area contributed by atoms with E-state index in [0.29, 0.717) is 10.5 Å². The molecule has 1 rings (SSSR count). The normalized spacial score (nSPS) is 11.5. The first-order valence-electron chi connectivity index (χ1n) is 6.14. The summed E-state index contributed by atoms with van der Waals surface area (Å²) in [5.41, 5.74) is 15.6. The Bertz CT molecular complexity index is 514. The minimum atomic E-state index is -1.74. The van der Waals surface area contributed by atoms with Crippen LogP contribution < -0.4 is 22.1 Å². The summed E-state index contributed by atoms with van der Waals surface area (Å²) in [6.07, 6.45) is 0. The number of primary amides is 1. The van der Waals surface area contributed by atoms with E-state index in [-0.39, 0.29) is 12.3 Å². The number of benzene rings is 1. The molecule has 0 spiro atoms. The topological polar surface area (TPSA) is 136 Å². The summed E-state index contributed by atoms with van der Waals surface area (Å²) in [5.74, 6) is -1.22. The first-order valence-corrected chi connectivity index (χ1v) is 6.14. The van der Waals surface area contributed by atoms with E-state index < -0.39 is 23.5 Å². The molecule has 0 aliphatic heterocycles. The van der Waals surface area contributed by atoms with Crippen LogP contribution in [0, 0.1) is 5.92 Å². The summed E-state index contributed by atoms with van der Waals surface area (Å²) in [6, 6.07) is 5.34. The van der Waals surface area contributed by atoms with Gasteiger partial charge < -0.3 is 22.3 Å². The number of carbonyl (C=O) groups is 2. The number of para-hydroxylation sites is 1. The summed E-state index contributed by atoms with van der Waals surface area (Å²) in [4.78, 5) is 24.7. The van der Waals surface area contributed by atoms with Gasteiger partial charge in [0.15, 0.2) is 0 Å². The van der Waals surface area contributed by atoms with Crippen molar-refractivity contribution in [2.24, 2.45) is 23.1 Å². The van der Waals surface area contributed by atoms with Crippen LogP contribution in [-0.4, -0.2) is 22.7 Å². The SMILES string of the molecule is CC(C)C(N)(N)C(=O)N(C(N)=O)c1ccccc1CO. The molecule has 0 aliphatic carbocycles. The molecule has 110 valence electrons. The lowest BCUT2D eigenvalue weighted by atomic mass is 9.96. The third-order valence-corrected chi connectivity index (χ3v) is 3.15. The average molecular weight is 280 g/mol. The first-order chi connectivity index (χ1) is 9.23. The van der Waals surface area contributed by atoms with Gasteiger partial charge in [0.2, 0.25) is 0 Å². The fourth-order valence-electron chi connectivity index (χ4n) is 1.63. The van der Waals surface area contributed by atoms with E-state index >= 15 is 0 Å². The van der Waals surface area contributed by atoms with Crippen molar-refractivity contribution in [3.8, 4) is 0 Å². The number of anilines is 1. The van der Waals surface area contributed by atoms with Crippen molar-refractivity contribution in [2.75, 3.05) is 4.90 Å². The molecule has 0 unspecified atom stereocenters. The second-order valence-electron chi connectivity index (χ2n) is 4.85. The van der Waals surface area contributed by atoms with Crippen LogP contribution in [0.5, 0.6) is 0 Å². The molecule has 3 amide bonds. The van der Waals surface area contributed by atoms with Gasteiger partial charge in [-0.1, -0.05) is 32.0 Å². The predicted molar refractivity (Wildman–Crippen MR) is 75.4 cm³/mol. The zero-order chi connectivity index (χ0) is 15.5. The highest BCUT2D eigenvalue weighted by Crippen LogP contribution is 2.23. The number of nitrogens with two attached hydrogens (primary N) is 3. The molecule has 0 saturated heterocycles. The van der Waals surface area contributed by atoms with Crippen molar-refractivity contribution >= 4 is 17.6 Å². The van der Waals surface area contributed by atoms with Gasteiger partial charge in [-0.3, -0.25) is 4.79 Å². The standard InChI is InChI=1S/C13H20N4O3/c1-8(2)13(15,16)11(19)17(12(14)20)10-6-4-3-5-9(10)7-18/h3-6,8,18H,7,15-16H2,1-2H3,(H2,14,20). The lowest BCUT2D eigenvalue weighted by Crippen LogP contribution is -2.66. The molecule has 7 N–H and O–H groups in total. The highest BCUT2D eigenvalue weighted by molar-refractivity contribution is 6.17.